The Hall–Kier alpha value is -1.87. The van der Waals surface area contributed by atoms with Gasteiger partial charge in [-0.05, 0) is 48.4 Å². The van der Waals surface area contributed by atoms with Crippen molar-refractivity contribution in [3.8, 4) is 5.75 Å². The lowest BCUT2D eigenvalue weighted by Crippen LogP contribution is -2.54. The maximum Gasteiger partial charge on any atom is 0.123 e. The molecule has 0 saturated carbocycles. The average molecular weight is 243 g/mol. The van der Waals surface area contributed by atoms with Gasteiger partial charge in [0, 0.05) is 0 Å². The van der Waals surface area contributed by atoms with Crippen LogP contribution in [0.15, 0.2) is 48.5 Å². The molecule has 2 nitrogen and oxygen atoms in total. The zero-order valence-corrected chi connectivity index (χ0v) is 9.86. The summed E-state index contributed by atoms with van der Waals surface area (Å²) in [5.41, 5.74) is 1.92. The highest BCUT2D eigenvalue weighted by Gasteiger charge is 2.39. The highest BCUT2D eigenvalue weighted by Crippen LogP contribution is 2.38. The Bertz CT molecular complexity index is 496. The molecule has 1 saturated heterocycles. The summed E-state index contributed by atoms with van der Waals surface area (Å²) in [5.74, 6) is 0.0336. The van der Waals surface area contributed by atoms with Crippen LogP contribution in [0.2, 0.25) is 0 Å². The van der Waals surface area contributed by atoms with Crippen LogP contribution >= 0.6 is 0 Å². The molecule has 1 unspecified atom stereocenters. The number of hydrogen-bond acceptors (Lipinski definition) is 2. The molecule has 2 N–H and O–H groups in total. The van der Waals surface area contributed by atoms with Crippen molar-refractivity contribution in [3.63, 3.8) is 0 Å². The lowest BCUT2D eigenvalue weighted by molar-refractivity contribution is 0.265. The molecule has 1 heterocycles. The van der Waals surface area contributed by atoms with Crippen LogP contribution < -0.4 is 5.32 Å². The van der Waals surface area contributed by atoms with Crippen molar-refractivity contribution in [2.75, 3.05) is 6.54 Å². The summed E-state index contributed by atoms with van der Waals surface area (Å²) in [6, 6.07) is 13.8. The van der Waals surface area contributed by atoms with Crippen molar-refractivity contribution in [1.82, 2.24) is 5.32 Å². The Morgan fingerprint density at radius 1 is 0.944 bits per heavy atom. The summed E-state index contributed by atoms with van der Waals surface area (Å²) >= 11 is 0. The predicted octanol–water partition coefficient (Wildman–Crippen LogP) is 2.77. The quantitative estimate of drug-likeness (QED) is 0.850. The van der Waals surface area contributed by atoms with Crippen LogP contribution in [0.25, 0.3) is 0 Å². The number of benzene rings is 2. The first-order chi connectivity index (χ1) is 8.71. The monoisotopic (exact) mass is 243 g/mol. The average Bonchev–Trinajstić information content (AvgIpc) is 2.32. The van der Waals surface area contributed by atoms with Crippen LogP contribution in [0, 0.1) is 5.82 Å². The van der Waals surface area contributed by atoms with E-state index in [1.54, 1.807) is 12.1 Å². The van der Waals surface area contributed by atoms with Crippen LogP contribution in [0.1, 0.15) is 17.5 Å². The lowest BCUT2D eigenvalue weighted by atomic mass is 9.75. The van der Waals surface area contributed by atoms with Gasteiger partial charge in [0.2, 0.25) is 0 Å². The Morgan fingerprint density at radius 2 is 1.44 bits per heavy atom. The summed E-state index contributed by atoms with van der Waals surface area (Å²) < 4.78 is 13.0. The number of halogens is 1. The smallest absolute Gasteiger partial charge is 0.123 e. The molecule has 0 radical (unpaired) electrons. The molecule has 0 aliphatic carbocycles. The van der Waals surface area contributed by atoms with Crippen molar-refractivity contribution in [2.45, 2.75) is 12.0 Å². The molecule has 0 amide bonds. The fourth-order valence-corrected chi connectivity index (χ4v) is 2.51. The number of rotatable bonds is 2. The number of phenolic OH excluding ortho intramolecular Hbond substituents is 1. The second-order valence-electron chi connectivity index (χ2n) is 4.64. The summed E-state index contributed by atoms with van der Waals surface area (Å²) in [6.45, 7) is 0.943. The summed E-state index contributed by atoms with van der Waals surface area (Å²) in [5, 5.41) is 12.8. The first kappa shape index (κ1) is 11.2. The van der Waals surface area contributed by atoms with Gasteiger partial charge in [0.1, 0.15) is 11.6 Å². The van der Waals surface area contributed by atoms with Crippen LogP contribution in [0.4, 0.5) is 4.39 Å². The molecule has 1 aliphatic heterocycles. The fourth-order valence-electron chi connectivity index (χ4n) is 2.51. The van der Waals surface area contributed by atoms with E-state index in [4.69, 9.17) is 0 Å². The van der Waals surface area contributed by atoms with E-state index in [2.05, 4.69) is 5.32 Å². The second-order valence-corrected chi connectivity index (χ2v) is 4.64. The zero-order valence-electron chi connectivity index (χ0n) is 9.86. The largest absolute Gasteiger partial charge is 0.508 e. The molecule has 18 heavy (non-hydrogen) atoms. The summed E-state index contributed by atoms with van der Waals surface area (Å²) in [7, 11) is 0. The maximum absolute atomic E-state index is 13.0. The highest BCUT2D eigenvalue weighted by molar-refractivity contribution is 5.42. The van der Waals surface area contributed by atoms with Gasteiger partial charge in [-0.3, -0.25) is 0 Å². The fraction of sp³-hybridized carbons (Fsp3) is 0.200. The third-order valence-corrected chi connectivity index (χ3v) is 3.62. The number of aromatic hydroxyl groups is 1. The van der Waals surface area contributed by atoms with Gasteiger partial charge in [0.25, 0.3) is 0 Å². The van der Waals surface area contributed by atoms with Gasteiger partial charge in [-0.1, -0.05) is 24.3 Å². The topological polar surface area (TPSA) is 32.3 Å². The van der Waals surface area contributed by atoms with Gasteiger partial charge >= 0.3 is 0 Å². The van der Waals surface area contributed by atoms with Crippen LogP contribution in [-0.4, -0.2) is 11.7 Å². The van der Waals surface area contributed by atoms with E-state index >= 15 is 0 Å². The molecule has 3 rings (SSSR count). The van der Waals surface area contributed by atoms with E-state index in [-0.39, 0.29) is 17.1 Å². The van der Waals surface area contributed by atoms with Crippen molar-refractivity contribution in [2.24, 2.45) is 0 Å². The lowest BCUT2D eigenvalue weighted by Gasteiger charge is -2.44. The van der Waals surface area contributed by atoms with Gasteiger partial charge in [-0.25, -0.2) is 4.39 Å². The van der Waals surface area contributed by atoms with Gasteiger partial charge in [0.05, 0.1) is 5.54 Å². The molecule has 1 atom stereocenters. The van der Waals surface area contributed by atoms with E-state index in [9.17, 15) is 9.50 Å². The minimum atomic E-state index is -0.235. The molecular formula is C15H14FNO. The van der Waals surface area contributed by atoms with Gasteiger partial charge < -0.3 is 10.4 Å². The van der Waals surface area contributed by atoms with Crippen molar-refractivity contribution in [1.29, 1.82) is 0 Å². The third kappa shape index (κ3) is 1.68. The molecule has 0 spiro atoms. The Labute approximate surface area is 105 Å². The first-order valence-corrected chi connectivity index (χ1v) is 6.01. The van der Waals surface area contributed by atoms with E-state index in [0.717, 1.165) is 24.1 Å². The zero-order chi connectivity index (χ0) is 12.6. The molecule has 0 aromatic heterocycles. The second kappa shape index (κ2) is 4.10. The van der Waals surface area contributed by atoms with E-state index in [1.807, 2.05) is 24.3 Å². The number of hydrogen-bond donors (Lipinski definition) is 2. The highest BCUT2D eigenvalue weighted by atomic mass is 19.1. The molecule has 3 heteroatoms. The van der Waals surface area contributed by atoms with E-state index in [1.165, 1.54) is 12.1 Å². The number of phenols is 1. The molecule has 0 bridgehead atoms. The Kier molecular flexibility index (Phi) is 2.56. The first-order valence-electron chi connectivity index (χ1n) is 6.01. The minimum absolute atomic E-state index is 0.223. The van der Waals surface area contributed by atoms with Crippen LogP contribution in [-0.2, 0) is 5.54 Å². The summed E-state index contributed by atoms with van der Waals surface area (Å²) in [4.78, 5) is 0. The Balaban J connectivity index is 2.04. The summed E-state index contributed by atoms with van der Waals surface area (Å²) in [6.07, 6.45) is 0.976. The number of nitrogens with one attached hydrogen (secondary N) is 1. The third-order valence-electron chi connectivity index (χ3n) is 3.62. The minimum Gasteiger partial charge on any atom is -0.508 e. The van der Waals surface area contributed by atoms with Crippen molar-refractivity contribution < 1.29 is 9.50 Å². The Morgan fingerprint density at radius 3 is 1.89 bits per heavy atom. The molecule has 1 fully saturated rings. The van der Waals surface area contributed by atoms with E-state index < -0.39 is 0 Å². The van der Waals surface area contributed by atoms with Crippen LogP contribution in [0.5, 0.6) is 5.75 Å². The molecule has 92 valence electrons. The molecule has 2 aromatic carbocycles. The van der Waals surface area contributed by atoms with Gasteiger partial charge in [-0.2, -0.15) is 0 Å². The van der Waals surface area contributed by atoms with Crippen molar-refractivity contribution >= 4 is 0 Å². The maximum atomic E-state index is 13.0. The van der Waals surface area contributed by atoms with Gasteiger partial charge in [-0.15, -0.1) is 0 Å². The standard InChI is InChI=1S/C15H14FNO/c16-13-5-1-11(2-6-13)15(9-10-17-15)12-3-7-14(18)8-4-12/h1-8,17-18H,9-10H2. The van der Waals surface area contributed by atoms with E-state index in [0.29, 0.717) is 0 Å². The molecule has 2 aromatic rings. The normalized spacial score (nSPS) is 22.5. The predicted molar refractivity (Wildman–Crippen MR) is 67.9 cm³/mol. The molecule has 1 aliphatic rings. The SMILES string of the molecule is Oc1ccc(C2(c3ccc(F)cc3)CCN2)cc1. The molecular weight excluding hydrogens is 229 g/mol. The van der Waals surface area contributed by atoms with Gasteiger partial charge in [0.15, 0.2) is 0 Å². The van der Waals surface area contributed by atoms with Crippen molar-refractivity contribution in [3.05, 3.63) is 65.5 Å². The van der Waals surface area contributed by atoms with Crippen LogP contribution in [0.3, 0.4) is 0 Å².